The van der Waals surface area contributed by atoms with Crippen LogP contribution in [0.15, 0.2) is 27.1 Å². The maximum absolute atomic E-state index is 12.7. The zero-order chi connectivity index (χ0) is 15.4. The Labute approximate surface area is 141 Å². The van der Waals surface area contributed by atoms with Crippen molar-refractivity contribution in [2.45, 2.75) is 32.2 Å². The van der Waals surface area contributed by atoms with Crippen LogP contribution in [0.5, 0.6) is 0 Å². The summed E-state index contributed by atoms with van der Waals surface area (Å²) in [6.07, 6.45) is 2.52. The standard InChI is InChI=1S/C15H17Br2NO3/c1-2-21-15(20)13-5-3-4-8-18(13)14(19)11-7-6-10(16)9-12(11)17/h6-7,9,13H,2-5,8H2,1H3. The minimum absolute atomic E-state index is 0.132. The molecule has 0 spiro atoms. The van der Waals surface area contributed by atoms with E-state index in [1.165, 1.54) is 0 Å². The highest BCUT2D eigenvalue weighted by molar-refractivity contribution is 9.11. The van der Waals surface area contributed by atoms with Gasteiger partial charge in [0.15, 0.2) is 0 Å². The van der Waals surface area contributed by atoms with Crippen molar-refractivity contribution in [3.63, 3.8) is 0 Å². The van der Waals surface area contributed by atoms with Gasteiger partial charge in [-0.05, 0) is 60.3 Å². The first-order valence-electron chi connectivity index (χ1n) is 6.97. The normalized spacial score (nSPS) is 18.4. The number of amides is 1. The SMILES string of the molecule is CCOC(=O)C1CCCCN1C(=O)c1ccc(Br)cc1Br. The lowest BCUT2D eigenvalue weighted by atomic mass is 10.0. The number of hydrogen-bond donors (Lipinski definition) is 0. The molecule has 1 aromatic rings. The third kappa shape index (κ3) is 3.86. The molecule has 1 fully saturated rings. The fourth-order valence-corrected chi connectivity index (χ4v) is 3.69. The summed E-state index contributed by atoms with van der Waals surface area (Å²) in [4.78, 5) is 26.4. The van der Waals surface area contributed by atoms with Crippen LogP contribution in [0.1, 0.15) is 36.5 Å². The Bertz CT molecular complexity index is 548. The third-order valence-electron chi connectivity index (χ3n) is 3.48. The van der Waals surface area contributed by atoms with Crippen molar-refractivity contribution in [2.24, 2.45) is 0 Å². The topological polar surface area (TPSA) is 46.6 Å². The summed E-state index contributed by atoms with van der Waals surface area (Å²) in [5, 5.41) is 0. The van der Waals surface area contributed by atoms with Crippen LogP contribution in [0.4, 0.5) is 0 Å². The second kappa shape index (κ2) is 7.40. The number of carbonyl (C=O) groups excluding carboxylic acids is 2. The van der Waals surface area contributed by atoms with Crippen molar-refractivity contribution in [1.82, 2.24) is 4.90 Å². The van der Waals surface area contributed by atoms with Gasteiger partial charge in [0.1, 0.15) is 6.04 Å². The van der Waals surface area contributed by atoms with Crippen molar-refractivity contribution in [3.8, 4) is 0 Å². The van der Waals surface area contributed by atoms with Crippen LogP contribution < -0.4 is 0 Å². The molecule has 1 unspecified atom stereocenters. The van der Waals surface area contributed by atoms with Gasteiger partial charge in [-0.25, -0.2) is 4.79 Å². The average Bonchev–Trinajstić information content (AvgIpc) is 2.47. The molecule has 6 heteroatoms. The summed E-state index contributed by atoms with van der Waals surface area (Å²) in [6, 6.07) is 4.94. The van der Waals surface area contributed by atoms with Crippen molar-refractivity contribution >= 4 is 43.7 Å². The summed E-state index contributed by atoms with van der Waals surface area (Å²) >= 11 is 6.78. The van der Waals surface area contributed by atoms with E-state index >= 15 is 0 Å². The molecule has 1 aliphatic heterocycles. The molecule has 1 aromatic carbocycles. The summed E-state index contributed by atoms with van der Waals surface area (Å²) in [5.74, 6) is -0.439. The molecular formula is C15H17Br2NO3. The van der Waals surface area contributed by atoms with Gasteiger partial charge in [-0.15, -0.1) is 0 Å². The quantitative estimate of drug-likeness (QED) is 0.702. The number of carbonyl (C=O) groups is 2. The van der Waals surface area contributed by atoms with Gasteiger partial charge >= 0.3 is 5.97 Å². The Morgan fingerprint density at radius 2 is 2.10 bits per heavy atom. The molecule has 0 N–H and O–H groups in total. The monoisotopic (exact) mass is 417 g/mol. The van der Waals surface area contributed by atoms with Crippen LogP contribution in [-0.2, 0) is 9.53 Å². The van der Waals surface area contributed by atoms with Gasteiger partial charge in [0.2, 0.25) is 0 Å². The summed E-state index contributed by atoms with van der Waals surface area (Å²) in [6.45, 7) is 2.70. The average molecular weight is 419 g/mol. The molecule has 1 amide bonds. The number of benzene rings is 1. The first-order valence-corrected chi connectivity index (χ1v) is 8.56. The summed E-state index contributed by atoms with van der Waals surface area (Å²) < 4.78 is 6.71. The predicted octanol–water partition coefficient (Wildman–Crippen LogP) is 3.77. The summed E-state index contributed by atoms with van der Waals surface area (Å²) in [7, 11) is 0. The zero-order valence-electron chi connectivity index (χ0n) is 11.8. The molecule has 21 heavy (non-hydrogen) atoms. The van der Waals surface area contributed by atoms with Crippen LogP contribution in [-0.4, -0.2) is 36.0 Å². The molecular weight excluding hydrogens is 402 g/mol. The van der Waals surface area contributed by atoms with Crippen molar-refractivity contribution < 1.29 is 14.3 Å². The number of ether oxygens (including phenoxy) is 1. The van der Waals surface area contributed by atoms with Gasteiger partial charge in [0, 0.05) is 15.5 Å². The van der Waals surface area contributed by atoms with Crippen LogP contribution in [0.3, 0.4) is 0 Å². The van der Waals surface area contributed by atoms with E-state index in [0.29, 0.717) is 25.1 Å². The van der Waals surface area contributed by atoms with Crippen molar-refractivity contribution in [3.05, 3.63) is 32.7 Å². The van der Waals surface area contributed by atoms with E-state index in [4.69, 9.17) is 4.74 Å². The van der Waals surface area contributed by atoms with Crippen LogP contribution in [0, 0.1) is 0 Å². The van der Waals surface area contributed by atoms with E-state index in [9.17, 15) is 9.59 Å². The molecule has 1 saturated heterocycles. The molecule has 1 atom stereocenters. The van der Waals surface area contributed by atoms with Gasteiger partial charge in [-0.3, -0.25) is 4.79 Å². The van der Waals surface area contributed by atoms with E-state index in [1.807, 2.05) is 12.1 Å². The summed E-state index contributed by atoms with van der Waals surface area (Å²) in [5.41, 5.74) is 0.564. The van der Waals surface area contributed by atoms with Crippen LogP contribution >= 0.6 is 31.9 Å². The first kappa shape index (κ1) is 16.5. The van der Waals surface area contributed by atoms with Gasteiger partial charge < -0.3 is 9.64 Å². The number of esters is 1. The van der Waals surface area contributed by atoms with Crippen molar-refractivity contribution in [2.75, 3.05) is 13.2 Å². The molecule has 0 aliphatic carbocycles. The predicted molar refractivity (Wildman–Crippen MR) is 87.2 cm³/mol. The van der Waals surface area contributed by atoms with Gasteiger partial charge in [0.25, 0.3) is 5.91 Å². The largest absolute Gasteiger partial charge is 0.464 e. The highest BCUT2D eigenvalue weighted by atomic mass is 79.9. The fourth-order valence-electron chi connectivity index (χ4n) is 2.48. The molecule has 2 rings (SSSR count). The minimum Gasteiger partial charge on any atom is -0.464 e. The molecule has 0 saturated carbocycles. The number of likely N-dealkylation sites (tertiary alicyclic amines) is 1. The maximum Gasteiger partial charge on any atom is 0.328 e. The number of rotatable bonds is 3. The lowest BCUT2D eigenvalue weighted by molar-refractivity contribution is -0.149. The van der Waals surface area contributed by atoms with Crippen molar-refractivity contribution in [1.29, 1.82) is 0 Å². The minimum atomic E-state index is -0.471. The molecule has 114 valence electrons. The number of nitrogens with zero attached hydrogens (tertiary/aromatic N) is 1. The zero-order valence-corrected chi connectivity index (χ0v) is 14.9. The van der Waals surface area contributed by atoms with E-state index in [-0.39, 0.29) is 11.9 Å². The highest BCUT2D eigenvalue weighted by Gasteiger charge is 2.34. The van der Waals surface area contributed by atoms with E-state index in [1.54, 1.807) is 17.9 Å². The lowest BCUT2D eigenvalue weighted by Crippen LogP contribution is -2.48. The third-order valence-corrected chi connectivity index (χ3v) is 4.63. The van der Waals surface area contributed by atoms with Gasteiger partial charge in [0.05, 0.1) is 12.2 Å². The molecule has 0 aromatic heterocycles. The lowest BCUT2D eigenvalue weighted by Gasteiger charge is -2.34. The second-order valence-corrected chi connectivity index (χ2v) is 6.66. The first-order chi connectivity index (χ1) is 10.0. The van der Waals surface area contributed by atoms with Crippen LogP contribution in [0.2, 0.25) is 0 Å². The van der Waals surface area contributed by atoms with Gasteiger partial charge in [-0.2, -0.15) is 0 Å². The molecule has 1 aliphatic rings. The second-order valence-electron chi connectivity index (χ2n) is 4.89. The van der Waals surface area contributed by atoms with E-state index in [2.05, 4.69) is 31.9 Å². The number of halogens is 2. The Morgan fingerprint density at radius 1 is 1.33 bits per heavy atom. The molecule has 0 bridgehead atoms. The Balaban J connectivity index is 2.24. The van der Waals surface area contributed by atoms with Crippen LogP contribution in [0.25, 0.3) is 0 Å². The molecule has 1 heterocycles. The fraction of sp³-hybridized carbons (Fsp3) is 0.467. The highest BCUT2D eigenvalue weighted by Crippen LogP contribution is 2.26. The van der Waals surface area contributed by atoms with Gasteiger partial charge in [-0.1, -0.05) is 15.9 Å². The van der Waals surface area contributed by atoms with E-state index < -0.39 is 6.04 Å². The maximum atomic E-state index is 12.7. The smallest absolute Gasteiger partial charge is 0.328 e. The van der Waals surface area contributed by atoms with E-state index in [0.717, 1.165) is 21.8 Å². The molecule has 4 nitrogen and oxygen atoms in total. The Hall–Kier alpha value is -0.880. The Kier molecular flexibility index (Phi) is 5.81. The molecule has 0 radical (unpaired) electrons. The number of piperidine rings is 1. The Morgan fingerprint density at radius 3 is 2.76 bits per heavy atom. The number of hydrogen-bond acceptors (Lipinski definition) is 3.